The number of fused-ring (bicyclic) bond motifs is 5. The summed E-state index contributed by atoms with van der Waals surface area (Å²) in [7, 11) is -0.432. The topological polar surface area (TPSA) is 18.5 Å². The first kappa shape index (κ1) is 32.9. The lowest BCUT2D eigenvalue weighted by molar-refractivity contribution is 0.00578. The third-order valence-corrected chi connectivity index (χ3v) is 12.4. The highest BCUT2D eigenvalue weighted by Gasteiger charge is 2.52. The van der Waals surface area contributed by atoms with Gasteiger partial charge in [0.2, 0.25) is 0 Å². The van der Waals surface area contributed by atoms with Crippen LogP contribution < -0.4 is 5.46 Å². The Labute approximate surface area is 318 Å². The normalized spacial score (nSPS) is 16.4. The molecule has 0 saturated carbocycles. The van der Waals surface area contributed by atoms with Gasteiger partial charge in [-0.05, 0) is 135 Å². The molecule has 1 aliphatic heterocycles. The molecule has 10 rings (SSSR count). The molecule has 1 saturated heterocycles. The van der Waals surface area contributed by atoms with Crippen LogP contribution in [0.15, 0.2) is 176 Å². The molecule has 54 heavy (non-hydrogen) atoms. The van der Waals surface area contributed by atoms with Crippen molar-refractivity contribution in [3.8, 4) is 33.4 Å². The van der Waals surface area contributed by atoms with E-state index in [9.17, 15) is 0 Å². The molecule has 3 heteroatoms. The summed E-state index contributed by atoms with van der Waals surface area (Å²) >= 11 is 0. The summed E-state index contributed by atoms with van der Waals surface area (Å²) in [6.45, 7) is 8.44. The molecule has 1 heterocycles. The van der Waals surface area contributed by atoms with Crippen molar-refractivity contribution in [3.63, 3.8) is 0 Å². The van der Waals surface area contributed by atoms with E-state index in [1.807, 2.05) is 0 Å². The molecule has 0 atom stereocenters. The second-order valence-electron chi connectivity index (χ2n) is 16.0. The molecule has 0 amide bonds. The summed E-state index contributed by atoms with van der Waals surface area (Å²) < 4.78 is 13.0. The lowest BCUT2D eigenvalue weighted by Gasteiger charge is -2.34. The van der Waals surface area contributed by atoms with E-state index in [0.29, 0.717) is 0 Å². The molecule has 0 spiro atoms. The van der Waals surface area contributed by atoms with Crippen molar-refractivity contribution in [2.75, 3.05) is 0 Å². The van der Waals surface area contributed by atoms with Gasteiger partial charge in [0.1, 0.15) is 0 Å². The number of rotatable bonds is 5. The van der Waals surface area contributed by atoms with Crippen LogP contribution in [0.4, 0.5) is 0 Å². The Kier molecular flexibility index (Phi) is 7.40. The number of hydrogen-bond acceptors (Lipinski definition) is 2. The van der Waals surface area contributed by atoms with Crippen LogP contribution in [-0.4, -0.2) is 18.3 Å². The van der Waals surface area contributed by atoms with Crippen LogP contribution in [0, 0.1) is 0 Å². The van der Waals surface area contributed by atoms with E-state index in [-0.39, 0.29) is 0 Å². The van der Waals surface area contributed by atoms with E-state index < -0.39 is 23.7 Å². The fraction of sp³-hybridized carbons (Fsp3) is 0.137. The first-order valence-electron chi connectivity index (χ1n) is 19.0. The van der Waals surface area contributed by atoms with Gasteiger partial charge in [-0.25, -0.2) is 0 Å². The van der Waals surface area contributed by atoms with E-state index in [4.69, 9.17) is 9.31 Å². The summed E-state index contributed by atoms with van der Waals surface area (Å²) in [6.07, 6.45) is 0. The minimum Gasteiger partial charge on any atom is -0.399 e. The van der Waals surface area contributed by atoms with Crippen molar-refractivity contribution >= 4 is 34.1 Å². The minimum absolute atomic E-state index is 0.413. The minimum atomic E-state index is -0.583. The molecule has 0 N–H and O–H groups in total. The lowest BCUT2D eigenvalue weighted by atomic mass is 9.66. The van der Waals surface area contributed by atoms with Gasteiger partial charge >= 0.3 is 7.12 Å². The smallest absolute Gasteiger partial charge is 0.399 e. The first-order valence-corrected chi connectivity index (χ1v) is 19.0. The Morgan fingerprint density at radius 3 is 1.28 bits per heavy atom. The Hall–Kier alpha value is -5.74. The summed E-state index contributed by atoms with van der Waals surface area (Å²) in [5, 5.41) is 4.98. The fourth-order valence-corrected chi connectivity index (χ4v) is 8.77. The van der Waals surface area contributed by atoms with Crippen molar-refractivity contribution < 1.29 is 9.31 Å². The van der Waals surface area contributed by atoms with Crippen LogP contribution in [0.1, 0.15) is 49.9 Å². The van der Waals surface area contributed by atoms with E-state index in [1.54, 1.807) is 0 Å². The molecule has 2 nitrogen and oxygen atoms in total. The van der Waals surface area contributed by atoms with E-state index in [0.717, 1.165) is 5.46 Å². The highest BCUT2D eigenvalue weighted by Crippen LogP contribution is 2.57. The fourth-order valence-electron chi connectivity index (χ4n) is 8.77. The zero-order chi connectivity index (χ0) is 36.7. The van der Waals surface area contributed by atoms with Crippen molar-refractivity contribution in [2.45, 2.75) is 44.3 Å². The number of benzene rings is 8. The molecule has 8 aromatic rings. The Bertz CT molecular complexity index is 2580. The van der Waals surface area contributed by atoms with Gasteiger partial charge < -0.3 is 9.31 Å². The molecule has 260 valence electrons. The molecule has 0 unspecified atom stereocenters. The zero-order valence-corrected chi connectivity index (χ0v) is 31.1. The monoisotopic (exact) mass is 696 g/mol. The van der Waals surface area contributed by atoms with Gasteiger partial charge in [-0.1, -0.05) is 152 Å². The van der Waals surface area contributed by atoms with E-state index >= 15 is 0 Å². The summed E-state index contributed by atoms with van der Waals surface area (Å²) in [6, 6.07) is 65.1. The predicted molar refractivity (Wildman–Crippen MR) is 225 cm³/mol. The maximum atomic E-state index is 6.51. The summed E-state index contributed by atoms with van der Waals surface area (Å²) in [5.41, 5.74) is 12.0. The molecule has 2 aliphatic rings. The third-order valence-electron chi connectivity index (χ3n) is 12.4. The van der Waals surface area contributed by atoms with Crippen molar-refractivity contribution in [1.82, 2.24) is 0 Å². The maximum Gasteiger partial charge on any atom is 0.494 e. The predicted octanol–water partition coefficient (Wildman–Crippen LogP) is 12.0. The highest BCUT2D eigenvalue weighted by atomic mass is 16.7. The van der Waals surface area contributed by atoms with Crippen LogP contribution >= 0.6 is 0 Å². The molecule has 8 aromatic carbocycles. The standard InChI is InChI=1S/C51H41BO2/c1-49(2)50(3,4)54-52(53-49)44-26-24-43(25-27-44)51(42-16-6-5-7-17-42)47-32-40(38-20-18-34-12-8-10-14-36(34)30-38)22-28-45(47)46-29-23-41(33-48(46)51)39-21-19-35-13-9-11-15-37(35)31-39/h5-33H,1-4H3. The second-order valence-corrected chi connectivity index (χ2v) is 16.0. The largest absolute Gasteiger partial charge is 0.494 e. The van der Waals surface area contributed by atoms with Crippen LogP contribution in [0.5, 0.6) is 0 Å². The molecule has 1 aliphatic carbocycles. The average molecular weight is 697 g/mol. The highest BCUT2D eigenvalue weighted by molar-refractivity contribution is 6.62. The molecule has 0 radical (unpaired) electrons. The lowest BCUT2D eigenvalue weighted by Crippen LogP contribution is -2.41. The van der Waals surface area contributed by atoms with Crippen LogP contribution in [0.25, 0.3) is 54.9 Å². The third kappa shape index (κ3) is 5.03. The van der Waals surface area contributed by atoms with Gasteiger partial charge in [0, 0.05) is 0 Å². The van der Waals surface area contributed by atoms with Crippen LogP contribution in [0.2, 0.25) is 0 Å². The Morgan fingerprint density at radius 2 is 0.778 bits per heavy atom. The van der Waals surface area contributed by atoms with Gasteiger partial charge in [-0.15, -0.1) is 0 Å². The summed E-state index contributed by atoms with van der Waals surface area (Å²) in [5.74, 6) is 0. The van der Waals surface area contributed by atoms with Crippen molar-refractivity contribution in [3.05, 3.63) is 198 Å². The molecule has 0 aromatic heterocycles. The molecule has 0 bridgehead atoms. The zero-order valence-electron chi connectivity index (χ0n) is 31.1. The van der Waals surface area contributed by atoms with Gasteiger partial charge in [-0.2, -0.15) is 0 Å². The molecule has 1 fully saturated rings. The van der Waals surface area contributed by atoms with Crippen molar-refractivity contribution in [1.29, 1.82) is 0 Å². The van der Waals surface area contributed by atoms with Crippen LogP contribution in [0.3, 0.4) is 0 Å². The van der Waals surface area contributed by atoms with Gasteiger partial charge in [0.05, 0.1) is 16.6 Å². The van der Waals surface area contributed by atoms with E-state index in [2.05, 4.69) is 204 Å². The quantitative estimate of drug-likeness (QED) is 0.167. The first-order chi connectivity index (χ1) is 26.2. The maximum absolute atomic E-state index is 6.51. The SMILES string of the molecule is CC1(C)OB(c2ccc(C3(c4ccccc4)c4cc(-c5ccc6ccccc6c5)ccc4-c4ccc(-c5ccc6ccccc6c5)cc43)cc2)OC1(C)C. The van der Waals surface area contributed by atoms with E-state index in [1.165, 1.54) is 77.2 Å². The summed E-state index contributed by atoms with van der Waals surface area (Å²) in [4.78, 5) is 0. The van der Waals surface area contributed by atoms with Gasteiger partial charge in [0.15, 0.2) is 0 Å². The molecular formula is C51H41BO2. The van der Waals surface area contributed by atoms with Gasteiger partial charge in [-0.3, -0.25) is 0 Å². The van der Waals surface area contributed by atoms with Crippen molar-refractivity contribution in [2.24, 2.45) is 0 Å². The average Bonchev–Trinajstić information content (AvgIpc) is 3.62. The second kappa shape index (κ2) is 12.1. The Balaban J connectivity index is 1.21. The Morgan fingerprint density at radius 1 is 0.370 bits per heavy atom. The van der Waals surface area contributed by atoms with Gasteiger partial charge in [0.25, 0.3) is 0 Å². The van der Waals surface area contributed by atoms with Crippen LogP contribution in [-0.2, 0) is 14.7 Å². The molecular weight excluding hydrogens is 655 g/mol. The number of hydrogen-bond donors (Lipinski definition) is 0.